The molecule has 1 aliphatic carbocycles. The molecule has 1 saturated carbocycles. The molecule has 0 unspecified atom stereocenters. The molecule has 2 N–H and O–H groups in total. The highest BCUT2D eigenvalue weighted by Crippen LogP contribution is 2.53. The number of benzene rings is 1. The normalized spacial score (nSPS) is 16.4. The van der Waals surface area contributed by atoms with E-state index < -0.39 is 23.4 Å². The number of nitrogens with one attached hydrogen (secondary N) is 2. The van der Waals surface area contributed by atoms with Gasteiger partial charge < -0.3 is 15.2 Å². The van der Waals surface area contributed by atoms with Gasteiger partial charge in [0.2, 0.25) is 0 Å². The number of fused-ring (bicyclic) bond motifs is 1. The van der Waals surface area contributed by atoms with Gasteiger partial charge >= 0.3 is 0 Å². The van der Waals surface area contributed by atoms with Crippen LogP contribution >= 0.6 is 0 Å². The molecule has 1 aliphatic heterocycles. The number of rotatable bonds is 4. The molecular weight excluding hydrogens is 423 g/mol. The van der Waals surface area contributed by atoms with E-state index in [-0.39, 0.29) is 11.4 Å². The molecule has 0 bridgehead atoms. The van der Waals surface area contributed by atoms with Crippen molar-refractivity contribution in [3.8, 4) is 5.69 Å². The van der Waals surface area contributed by atoms with Crippen molar-refractivity contribution in [2.75, 3.05) is 23.3 Å². The van der Waals surface area contributed by atoms with Crippen molar-refractivity contribution in [2.24, 2.45) is 5.41 Å². The van der Waals surface area contributed by atoms with E-state index in [4.69, 9.17) is 0 Å². The van der Waals surface area contributed by atoms with E-state index in [1.165, 1.54) is 42.2 Å². The average Bonchev–Trinajstić information content (AvgIpc) is 3.24. The standard InChI is InChI=1S/C21H16F3N7O/c22-13-4-12-16(5-14(13)23)25-7-17(12)27-20(32)18-8-31(29-28-18)11-3-15(24)19(26-6-11)30-9-21(10-30)1-2-21/h3-8,25H,1-2,9-10H2,(H,27,32). The Hall–Kier alpha value is -3.89. The van der Waals surface area contributed by atoms with Crippen LogP contribution in [0.5, 0.6) is 0 Å². The quantitative estimate of drug-likeness (QED) is 0.509. The first-order valence-electron chi connectivity index (χ1n) is 10.0. The number of aromatic amines is 1. The number of nitrogens with zero attached hydrogens (tertiary/aromatic N) is 5. The Labute approximate surface area is 179 Å². The van der Waals surface area contributed by atoms with Crippen molar-refractivity contribution in [1.29, 1.82) is 0 Å². The van der Waals surface area contributed by atoms with E-state index in [0.717, 1.165) is 25.2 Å². The number of hydrogen-bond donors (Lipinski definition) is 2. The Morgan fingerprint density at radius 2 is 1.88 bits per heavy atom. The minimum atomic E-state index is -1.03. The summed E-state index contributed by atoms with van der Waals surface area (Å²) in [4.78, 5) is 21.5. The summed E-state index contributed by atoms with van der Waals surface area (Å²) in [5.41, 5.74) is 1.26. The van der Waals surface area contributed by atoms with Crippen LogP contribution in [0.4, 0.5) is 24.7 Å². The highest BCUT2D eigenvalue weighted by Gasteiger charge is 2.53. The fourth-order valence-electron chi connectivity index (χ4n) is 4.09. The van der Waals surface area contributed by atoms with E-state index in [0.29, 0.717) is 27.8 Å². The van der Waals surface area contributed by atoms with Gasteiger partial charge in [-0.1, -0.05) is 5.21 Å². The van der Waals surface area contributed by atoms with Crippen molar-refractivity contribution in [2.45, 2.75) is 12.8 Å². The lowest BCUT2D eigenvalue weighted by atomic mass is 9.97. The van der Waals surface area contributed by atoms with Crippen molar-refractivity contribution in [3.05, 3.63) is 59.9 Å². The number of H-pyrrole nitrogens is 1. The number of amides is 1. The van der Waals surface area contributed by atoms with Gasteiger partial charge in [0.25, 0.3) is 5.91 Å². The topological polar surface area (TPSA) is 91.7 Å². The third-order valence-corrected chi connectivity index (χ3v) is 6.08. The molecule has 2 fully saturated rings. The Kier molecular flexibility index (Phi) is 3.86. The molecule has 11 heteroatoms. The van der Waals surface area contributed by atoms with E-state index in [1.54, 1.807) is 0 Å². The zero-order chi connectivity index (χ0) is 22.0. The smallest absolute Gasteiger partial charge is 0.277 e. The molecule has 0 atom stereocenters. The Morgan fingerprint density at radius 1 is 1.09 bits per heavy atom. The van der Waals surface area contributed by atoms with Crippen LogP contribution in [-0.4, -0.2) is 44.0 Å². The molecule has 2 aliphatic rings. The van der Waals surface area contributed by atoms with Crippen molar-refractivity contribution in [1.82, 2.24) is 25.0 Å². The summed E-state index contributed by atoms with van der Waals surface area (Å²) >= 11 is 0. The van der Waals surface area contributed by atoms with Gasteiger partial charge in [-0.05, 0) is 18.9 Å². The third-order valence-electron chi connectivity index (χ3n) is 6.08. The lowest BCUT2D eigenvalue weighted by Crippen LogP contribution is -2.49. The summed E-state index contributed by atoms with van der Waals surface area (Å²) < 4.78 is 42.8. The van der Waals surface area contributed by atoms with E-state index in [9.17, 15) is 18.0 Å². The maximum atomic E-state index is 14.6. The van der Waals surface area contributed by atoms with Gasteiger partial charge in [-0.2, -0.15) is 0 Å². The predicted octanol–water partition coefficient (Wildman–Crippen LogP) is 3.41. The van der Waals surface area contributed by atoms with Crippen molar-refractivity contribution >= 4 is 28.3 Å². The first-order valence-corrected chi connectivity index (χ1v) is 10.0. The molecule has 162 valence electrons. The minimum absolute atomic E-state index is 0.0372. The number of anilines is 2. The lowest BCUT2D eigenvalue weighted by molar-refractivity contribution is 0.102. The maximum Gasteiger partial charge on any atom is 0.277 e. The Bertz CT molecular complexity index is 1380. The molecule has 6 rings (SSSR count). The zero-order valence-corrected chi connectivity index (χ0v) is 16.6. The molecular formula is C21H16F3N7O. The van der Waals surface area contributed by atoms with Crippen LogP contribution < -0.4 is 10.2 Å². The average molecular weight is 439 g/mol. The van der Waals surface area contributed by atoms with Crippen LogP contribution in [0.25, 0.3) is 16.6 Å². The summed E-state index contributed by atoms with van der Waals surface area (Å²) in [7, 11) is 0. The summed E-state index contributed by atoms with van der Waals surface area (Å²) in [6.07, 6.45) is 6.62. The maximum absolute atomic E-state index is 14.6. The van der Waals surface area contributed by atoms with Crippen LogP contribution in [0.15, 0.2) is 36.8 Å². The minimum Gasteiger partial charge on any atom is -0.359 e. The van der Waals surface area contributed by atoms with Gasteiger partial charge in [0.05, 0.1) is 29.3 Å². The van der Waals surface area contributed by atoms with Crippen LogP contribution in [0.2, 0.25) is 0 Å². The summed E-state index contributed by atoms with van der Waals surface area (Å²) in [5.74, 6) is -2.78. The summed E-state index contributed by atoms with van der Waals surface area (Å²) in [6.45, 7) is 1.66. The highest BCUT2D eigenvalue weighted by atomic mass is 19.2. The summed E-state index contributed by atoms with van der Waals surface area (Å²) in [6, 6.07) is 3.30. The van der Waals surface area contributed by atoms with Gasteiger partial charge in [-0.3, -0.25) is 4.79 Å². The molecule has 32 heavy (non-hydrogen) atoms. The van der Waals surface area contributed by atoms with E-state index >= 15 is 0 Å². The largest absolute Gasteiger partial charge is 0.359 e. The zero-order valence-electron chi connectivity index (χ0n) is 16.6. The van der Waals surface area contributed by atoms with Crippen LogP contribution in [0.3, 0.4) is 0 Å². The van der Waals surface area contributed by atoms with Crippen molar-refractivity contribution < 1.29 is 18.0 Å². The second-order valence-electron chi connectivity index (χ2n) is 8.37. The number of pyridine rings is 1. The van der Waals surface area contributed by atoms with Crippen LogP contribution in [0.1, 0.15) is 23.3 Å². The highest BCUT2D eigenvalue weighted by molar-refractivity contribution is 6.07. The Balaban J connectivity index is 1.20. The van der Waals surface area contributed by atoms with Crippen LogP contribution in [0, 0.1) is 22.9 Å². The lowest BCUT2D eigenvalue weighted by Gasteiger charge is -2.40. The van der Waals surface area contributed by atoms with Gasteiger partial charge in [-0.25, -0.2) is 22.8 Å². The molecule has 4 aromatic rings. The third kappa shape index (κ3) is 3.00. The van der Waals surface area contributed by atoms with Gasteiger partial charge in [-0.15, -0.1) is 5.10 Å². The number of halogens is 3. The van der Waals surface area contributed by atoms with E-state index in [1.807, 2.05) is 4.90 Å². The fraction of sp³-hybridized carbons (Fsp3) is 0.238. The molecule has 4 heterocycles. The van der Waals surface area contributed by atoms with Gasteiger partial charge in [0, 0.05) is 42.2 Å². The monoisotopic (exact) mass is 439 g/mol. The van der Waals surface area contributed by atoms with Crippen LogP contribution in [-0.2, 0) is 0 Å². The molecule has 8 nitrogen and oxygen atoms in total. The van der Waals surface area contributed by atoms with Gasteiger partial charge in [0.15, 0.2) is 29.0 Å². The second kappa shape index (κ2) is 6.55. The second-order valence-corrected chi connectivity index (χ2v) is 8.37. The van der Waals surface area contributed by atoms with E-state index in [2.05, 4.69) is 25.6 Å². The number of hydrogen-bond acceptors (Lipinski definition) is 5. The van der Waals surface area contributed by atoms with Gasteiger partial charge in [0.1, 0.15) is 0 Å². The molecule has 3 aromatic heterocycles. The predicted molar refractivity (Wildman–Crippen MR) is 109 cm³/mol. The Morgan fingerprint density at radius 3 is 2.62 bits per heavy atom. The first kappa shape index (κ1) is 18.8. The SMILES string of the molecule is O=C(Nc1c[nH]c2cc(F)c(F)cc12)c1cn(-c2cnc(N3CC4(CC4)C3)c(F)c2)nn1. The molecule has 1 amide bonds. The molecule has 0 radical (unpaired) electrons. The molecule has 1 spiro atoms. The fourth-order valence-corrected chi connectivity index (χ4v) is 4.09. The van der Waals surface area contributed by atoms with Crippen molar-refractivity contribution in [3.63, 3.8) is 0 Å². The molecule has 1 aromatic carbocycles. The summed E-state index contributed by atoms with van der Waals surface area (Å²) in [5, 5.41) is 10.6. The number of aromatic nitrogens is 5. The number of carbonyl (C=O) groups excluding carboxylic acids is 1. The molecule has 1 saturated heterocycles. The first-order chi connectivity index (χ1) is 15.4. The number of carbonyl (C=O) groups is 1.